The number of rotatable bonds is 7. The van der Waals surface area contributed by atoms with Crippen LogP contribution >= 0.6 is 11.6 Å². The van der Waals surface area contributed by atoms with Crippen LogP contribution in [0.25, 0.3) is 22.2 Å². The van der Waals surface area contributed by atoms with Gasteiger partial charge >= 0.3 is 0 Å². The van der Waals surface area contributed by atoms with E-state index in [1.807, 2.05) is 18.2 Å². The minimum Gasteiger partial charge on any atom is -0.497 e. The first kappa shape index (κ1) is 22.1. The van der Waals surface area contributed by atoms with Crippen LogP contribution in [0.15, 0.2) is 72.8 Å². The number of benzene rings is 3. The van der Waals surface area contributed by atoms with Crippen molar-refractivity contribution in [1.29, 1.82) is 0 Å². The van der Waals surface area contributed by atoms with Gasteiger partial charge in [-0.25, -0.2) is 0 Å². The van der Waals surface area contributed by atoms with Crippen molar-refractivity contribution in [2.75, 3.05) is 26.7 Å². The number of H-pyrrole nitrogens is 1. The lowest BCUT2D eigenvalue weighted by Crippen LogP contribution is -2.33. The maximum absolute atomic E-state index is 6.14. The Morgan fingerprint density at radius 3 is 2.45 bits per heavy atom. The molecule has 1 fully saturated rings. The van der Waals surface area contributed by atoms with Gasteiger partial charge in [-0.05, 0) is 98.3 Å². The van der Waals surface area contributed by atoms with Crippen LogP contribution in [0, 0.1) is 0 Å². The number of nitrogens with one attached hydrogen (secondary N) is 1. The van der Waals surface area contributed by atoms with E-state index in [4.69, 9.17) is 16.3 Å². The molecule has 0 bridgehead atoms. The average Bonchev–Trinajstić information content (AvgIpc) is 3.23. The number of fused-ring (bicyclic) bond motifs is 1. The van der Waals surface area contributed by atoms with Crippen LogP contribution in [-0.2, 0) is 6.42 Å². The van der Waals surface area contributed by atoms with E-state index in [-0.39, 0.29) is 0 Å². The molecule has 4 aromatic rings. The molecule has 0 aliphatic carbocycles. The van der Waals surface area contributed by atoms with Gasteiger partial charge in [-0.2, -0.15) is 0 Å². The molecule has 0 saturated carbocycles. The number of aryl methyl sites for hydroxylation is 1. The van der Waals surface area contributed by atoms with Crippen LogP contribution in [0.5, 0.6) is 5.75 Å². The van der Waals surface area contributed by atoms with Gasteiger partial charge in [0.05, 0.1) is 7.11 Å². The number of ether oxygens (including phenoxy) is 1. The number of hydrogen-bond donors (Lipinski definition) is 1. The van der Waals surface area contributed by atoms with E-state index in [2.05, 4.69) is 64.5 Å². The zero-order chi connectivity index (χ0) is 22.6. The Morgan fingerprint density at radius 2 is 1.73 bits per heavy atom. The molecule has 0 radical (unpaired) electrons. The van der Waals surface area contributed by atoms with E-state index in [9.17, 15) is 0 Å². The van der Waals surface area contributed by atoms with Gasteiger partial charge < -0.3 is 14.6 Å². The number of aromatic nitrogens is 1. The van der Waals surface area contributed by atoms with Crippen LogP contribution in [0.3, 0.4) is 0 Å². The molecule has 170 valence electrons. The van der Waals surface area contributed by atoms with Crippen molar-refractivity contribution in [3.8, 4) is 17.0 Å². The van der Waals surface area contributed by atoms with Crippen molar-refractivity contribution in [2.24, 2.45) is 0 Å². The van der Waals surface area contributed by atoms with Crippen molar-refractivity contribution >= 4 is 22.5 Å². The molecule has 1 saturated heterocycles. The van der Waals surface area contributed by atoms with Gasteiger partial charge in [0.2, 0.25) is 0 Å². The smallest absolute Gasteiger partial charge is 0.119 e. The van der Waals surface area contributed by atoms with Gasteiger partial charge in [0.15, 0.2) is 0 Å². The summed E-state index contributed by atoms with van der Waals surface area (Å²) in [7, 11) is 1.73. The van der Waals surface area contributed by atoms with E-state index in [0.29, 0.717) is 5.92 Å². The second-order valence-electron chi connectivity index (χ2n) is 9.03. The second-order valence-corrected chi connectivity index (χ2v) is 9.46. The minimum absolute atomic E-state index is 0.708. The van der Waals surface area contributed by atoms with Gasteiger partial charge in [0.25, 0.3) is 0 Å². The standard InChI is InChI=1S/C29H31ClN2O/c1-33-25-13-14-28-27(20-25)26(29(31-28)23-9-11-24(30)12-10-23)8-5-17-32-18-15-22(16-19-32)21-6-3-2-4-7-21/h2-4,6-7,9-14,20,22,31H,5,8,15-19H2,1H3. The molecule has 0 spiro atoms. The molecule has 1 aromatic heterocycles. The molecule has 0 unspecified atom stereocenters. The first-order chi connectivity index (χ1) is 16.2. The fourth-order valence-corrected chi connectivity index (χ4v) is 5.30. The maximum Gasteiger partial charge on any atom is 0.119 e. The summed E-state index contributed by atoms with van der Waals surface area (Å²) in [6, 6.07) is 25.4. The third-order valence-corrected chi connectivity index (χ3v) is 7.26. The van der Waals surface area contributed by atoms with Crippen LogP contribution in [-0.4, -0.2) is 36.6 Å². The Labute approximate surface area is 201 Å². The molecule has 4 heteroatoms. The SMILES string of the molecule is COc1ccc2[nH]c(-c3ccc(Cl)cc3)c(CCCN3CCC(c4ccccc4)CC3)c2c1. The van der Waals surface area contributed by atoms with E-state index in [1.54, 1.807) is 7.11 Å². The lowest BCUT2D eigenvalue weighted by Gasteiger charge is -2.32. The lowest BCUT2D eigenvalue weighted by molar-refractivity contribution is 0.210. The highest BCUT2D eigenvalue weighted by molar-refractivity contribution is 6.30. The van der Waals surface area contributed by atoms with Crippen molar-refractivity contribution in [2.45, 2.75) is 31.6 Å². The summed E-state index contributed by atoms with van der Waals surface area (Å²) >= 11 is 6.14. The second kappa shape index (κ2) is 10.0. The molecule has 2 heterocycles. The monoisotopic (exact) mass is 458 g/mol. The molecular weight excluding hydrogens is 428 g/mol. The molecule has 1 aliphatic rings. The Hall–Kier alpha value is -2.75. The minimum atomic E-state index is 0.708. The normalized spacial score (nSPS) is 15.2. The fraction of sp³-hybridized carbons (Fsp3) is 0.310. The summed E-state index contributed by atoms with van der Waals surface area (Å²) in [5, 5.41) is 2.01. The van der Waals surface area contributed by atoms with Crippen LogP contribution in [0.1, 0.15) is 36.3 Å². The first-order valence-corrected chi connectivity index (χ1v) is 12.3. The number of aromatic amines is 1. The Bertz CT molecular complexity index is 1190. The molecule has 5 rings (SSSR count). The zero-order valence-corrected chi connectivity index (χ0v) is 19.9. The molecular formula is C29H31ClN2O. The van der Waals surface area contributed by atoms with Crippen molar-refractivity contribution in [3.05, 3.63) is 88.9 Å². The van der Waals surface area contributed by atoms with Gasteiger partial charge in [-0.15, -0.1) is 0 Å². The highest BCUT2D eigenvalue weighted by Gasteiger charge is 2.21. The average molecular weight is 459 g/mol. The van der Waals surface area contributed by atoms with E-state index in [1.165, 1.54) is 53.7 Å². The predicted molar refractivity (Wildman–Crippen MR) is 138 cm³/mol. The molecule has 0 atom stereocenters. The van der Waals surface area contributed by atoms with Crippen molar-refractivity contribution < 1.29 is 4.74 Å². The quantitative estimate of drug-likeness (QED) is 0.314. The molecule has 1 aliphatic heterocycles. The van der Waals surface area contributed by atoms with Gasteiger partial charge in [-0.3, -0.25) is 0 Å². The summed E-state index contributed by atoms with van der Waals surface area (Å²) in [5.41, 5.74) is 6.38. The topological polar surface area (TPSA) is 28.3 Å². The van der Waals surface area contributed by atoms with E-state index >= 15 is 0 Å². The maximum atomic E-state index is 6.14. The van der Waals surface area contributed by atoms with E-state index in [0.717, 1.165) is 35.7 Å². The summed E-state index contributed by atoms with van der Waals surface area (Å²) in [5.74, 6) is 1.61. The number of halogens is 1. The number of piperidine rings is 1. The highest BCUT2D eigenvalue weighted by Crippen LogP contribution is 2.34. The van der Waals surface area contributed by atoms with E-state index < -0.39 is 0 Å². The molecule has 33 heavy (non-hydrogen) atoms. The lowest BCUT2D eigenvalue weighted by atomic mass is 9.89. The molecule has 3 aromatic carbocycles. The van der Waals surface area contributed by atoms with Gasteiger partial charge in [-0.1, -0.05) is 54.1 Å². The van der Waals surface area contributed by atoms with Crippen LogP contribution in [0.2, 0.25) is 5.02 Å². The summed E-state index contributed by atoms with van der Waals surface area (Å²) in [6.07, 6.45) is 4.68. The van der Waals surface area contributed by atoms with Crippen molar-refractivity contribution in [1.82, 2.24) is 9.88 Å². The zero-order valence-electron chi connectivity index (χ0n) is 19.2. The van der Waals surface area contributed by atoms with Crippen molar-refractivity contribution in [3.63, 3.8) is 0 Å². The number of methoxy groups -OCH3 is 1. The number of hydrogen-bond acceptors (Lipinski definition) is 2. The summed E-state index contributed by atoms with van der Waals surface area (Å²) < 4.78 is 5.51. The Balaban J connectivity index is 1.29. The van der Waals surface area contributed by atoms with Crippen LogP contribution in [0.4, 0.5) is 0 Å². The third kappa shape index (κ3) is 4.95. The molecule has 0 amide bonds. The summed E-state index contributed by atoms with van der Waals surface area (Å²) in [4.78, 5) is 6.29. The number of nitrogens with zero attached hydrogens (tertiary/aromatic N) is 1. The first-order valence-electron chi connectivity index (χ1n) is 11.9. The Morgan fingerprint density at radius 1 is 0.970 bits per heavy atom. The third-order valence-electron chi connectivity index (χ3n) is 7.01. The fourth-order valence-electron chi connectivity index (χ4n) is 5.17. The van der Waals surface area contributed by atoms with Gasteiger partial charge in [0, 0.05) is 21.6 Å². The molecule has 3 nitrogen and oxygen atoms in total. The van der Waals surface area contributed by atoms with Gasteiger partial charge in [0.1, 0.15) is 5.75 Å². The number of likely N-dealkylation sites (tertiary alicyclic amines) is 1. The molecule has 1 N–H and O–H groups in total. The van der Waals surface area contributed by atoms with Crippen LogP contribution < -0.4 is 4.74 Å². The largest absolute Gasteiger partial charge is 0.497 e. The summed E-state index contributed by atoms with van der Waals surface area (Å²) in [6.45, 7) is 3.51. The predicted octanol–water partition coefficient (Wildman–Crippen LogP) is 7.31. The highest BCUT2D eigenvalue weighted by atomic mass is 35.5. The Kier molecular flexibility index (Phi) is 6.70.